The van der Waals surface area contributed by atoms with Gasteiger partial charge in [0, 0.05) is 32.6 Å². The second-order valence-electron chi connectivity index (χ2n) is 3.95. The summed E-state index contributed by atoms with van der Waals surface area (Å²) in [5, 5.41) is 10.2. The molecule has 1 heterocycles. The van der Waals surface area contributed by atoms with Crippen LogP contribution in [0, 0.1) is 11.3 Å². The first kappa shape index (κ1) is 10.1. The lowest BCUT2D eigenvalue weighted by atomic mass is 10.0. The van der Waals surface area contributed by atoms with E-state index in [1.165, 1.54) is 4.88 Å². The molecule has 1 aromatic carbocycles. The van der Waals surface area contributed by atoms with E-state index in [0.29, 0.717) is 5.56 Å². The van der Waals surface area contributed by atoms with E-state index in [9.17, 15) is 5.26 Å². The van der Waals surface area contributed by atoms with Gasteiger partial charge in [-0.1, -0.05) is 18.2 Å². The van der Waals surface area contributed by atoms with Crippen LogP contribution < -0.4 is 5.73 Å². The van der Waals surface area contributed by atoms with Crippen LogP contribution in [-0.4, -0.2) is 0 Å². The Morgan fingerprint density at radius 1 is 1.35 bits per heavy atom. The molecule has 0 saturated carbocycles. The lowest BCUT2D eigenvalue weighted by Crippen LogP contribution is -1.97. The van der Waals surface area contributed by atoms with Crippen molar-refractivity contribution in [1.29, 1.82) is 5.26 Å². The molecule has 0 bridgehead atoms. The molecule has 2 N–H and O–H groups in total. The van der Waals surface area contributed by atoms with Crippen molar-refractivity contribution < 1.29 is 0 Å². The van der Waals surface area contributed by atoms with Crippen molar-refractivity contribution in [3.8, 4) is 6.07 Å². The van der Waals surface area contributed by atoms with Gasteiger partial charge in [-0.2, -0.15) is 5.26 Å². The summed E-state index contributed by atoms with van der Waals surface area (Å²) in [5.74, 6) is 0. The summed E-state index contributed by atoms with van der Waals surface area (Å²) < 4.78 is 1.14. The minimum Gasteiger partial charge on any atom is -0.398 e. The first-order valence-corrected chi connectivity index (χ1v) is 6.20. The standard InChI is InChI=1S/C14H10N2S/c15-8-9-4-3-7-11-13(9)14-10(16)5-1-2-6-12(14)17-11/h1-5,7H,6,16H2. The Kier molecular flexibility index (Phi) is 2.24. The molecule has 0 amide bonds. The summed E-state index contributed by atoms with van der Waals surface area (Å²) in [7, 11) is 0. The quantitative estimate of drug-likeness (QED) is 0.766. The minimum absolute atomic E-state index is 0.707. The molecule has 2 nitrogen and oxygen atoms in total. The van der Waals surface area contributed by atoms with Crippen molar-refractivity contribution >= 4 is 27.1 Å². The first-order valence-electron chi connectivity index (χ1n) is 5.38. The van der Waals surface area contributed by atoms with E-state index >= 15 is 0 Å². The monoisotopic (exact) mass is 238 g/mol. The molecule has 82 valence electrons. The largest absolute Gasteiger partial charge is 0.398 e. The smallest absolute Gasteiger partial charge is 0.0998 e. The van der Waals surface area contributed by atoms with Gasteiger partial charge < -0.3 is 5.73 Å². The van der Waals surface area contributed by atoms with Gasteiger partial charge in [-0.25, -0.2) is 0 Å². The summed E-state index contributed by atoms with van der Waals surface area (Å²) in [5.41, 5.74) is 8.60. The maximum absolute atomic E-state index is 9.19. The molecular formula is C14H10N2S. The topological polar surface area (TPSA) is 49.8 Å². The predicted octanol–water partition coefficient (Wildman–Crippen LogP) is 3.18. The van der Waals surface area contributed by atoms with Gasteiger partial charge in [0.15, 0.2) is 0 Å². The predicted molar refractivity (Wildman–Crippen MR) is 71.5 cm³/mol. The molecule has 3 rings (SSSR count). The van der Waals surface area contributed by atoms with Crippen LogP contribution in [0.2, 0.25) is 0 Å². The Morgan fingerprint density at radius 2 is 2.24 bits per heavy atom. The molecule has 17 heavy (non-hydrogen) atoms. The van der Waals surface area contributed by atoms with Crippen LogP contribution >= 0.6 is 11.3 Å². The highest BCUT2D eigenvalue weighted by Crippen LogP contribution is 2.37. The van der Waals surface area contributed by atoms with Crippen LogP contribution in [-0.2, 0) is 6.42 Å². The van der Waals surface area contributed by atoms with E-state index in [-0.39, 0.29) is 0 Å². The molecule has 1 aliphatic carbocycles. The Balaban J connectivity index is 2.45. The Morgan fingerprint density at radius 3 is 3.06 bits per heavy atom. The van der Waals surface area contributed by atoms with Crippen molar-refractivity contribution in [2.75, 3.05) is 0 Å². The summed E-state index contributed by atoms with van der Waals surface area (Å²) >= 11 is 1.72. The SMILES string of the molecule is N#Cc1cccc2sc3c(c12)C(N)=CC=CC3. The number of hydrogen-bond acceptors (Lipinski definition) is 3. The fraction of sp³-hybridized carbons (Fsp3) is 0.0714. The molecule has 0 atom stereocenters. The van der Waals surface area contributed by atoms with E-state index in [4.69, 9.17) is 5.73 Å². The van der Waals surface area contributed by atoms with Gasteiger partial charge in [0.05, 0.1) is 11.6 Å². The third kappa shape index (κ3) is 1.46. The van der Waals surface area contributed by atoms with Crippen molar-refractivity contribution in [3.63, 3.8) is 0 Å². The van der Waals surface area contributed by atoms with Crippen LogP contribution in [0.1, 0.15) is 16.0 Å². The summed E-state index contributed by atoms with van der Waals surface area (Å²) in [6.45, 7) is 0. The molecule has 0 fully saturated rings. The third-order valence-corrected chi connectivity index (χ3v) is 4.09. The molecule has 0 saturated heterocycles. The van der Waals surface area contributed by atoms with Crippen molar-refractivity contribution in [2.45, 2.75) is 6.42 Å². The Bertz CT molecular complexity index is 699. The number of allylic oxidation sites excluding steroid dienone is 3. The van der Waals surface area contributed by atoms with E-state index in [2.05, 4.69) is 12.1 Å². The number of rotatable bonds is 0. The van der Waals surface area contributed by atoms with E-state index in [1.54, 1.807) is 11.3 Å². The van der Waals surface area contributed by atoms with Gasteiger partial charge in [0.1, 0.15) is 0 Å². The molecule has 0 aliphatic heterocycles. The van der Waals surface area contributed by atoms with Gasteiger partial charge in [0.25, 0.3) is 0 Å². The maximum Gasteiger partial charge on any atom is 0.0998 e. The van der Waals surface area contributed by atoms with E-state index in [1.807, 2.05) is 30.4 Å². The summed E-state index contributed by atoms with van der Waals surface area (Å²) in [4.78, 5) is 1.24. The maximum atomic E-state index is 9.19. The highest BCUT2D eigenvalue weighted by atomic mass is 32.1. The average Bonchev–Trinajstić information content (AvgIpc) is 2.63. The fourth-order valence-corrected chi connectivity index (χ4v) is 3.40. The van der Waals surface area contributed by atoms with Crippen LogP contribution in [0.3, 0.4) is 0 Å². The molecule has 3 heteroatoms. The third-order valence-electron chi connectivity index (χ3n) is 2.91. The first-order chi connectivity index (χ1) is 8.31. The van der Waals surface area contributed by atoms with Gasteiger partial charge in [-0.05, 0) is 18.2 Å². The number of fused-ring (bicyclic) bond motifs is 3. The summed E-state index contributed by atoms with van der Waals surface area (Å²) in [6, 6.07) is 8.07. The number of nitrogens with zero attached hydrogens (tertiary/aromatic N) is 1. The highest BCUT2D eigenvalue weighted by molar-refractivity contribution is 7.19. The summed E-state index contributed by atoms with van der Waals surface area (Å²) in [6.07, 6.45) is 6.87. The van der Waals surface area contributed by atoms with E-state index < -0.39 is 0 Å². The molecule has 0 unspecified atom stereocenters. The lowest BCUT2D eigenvalue weighted by Gasteiger charge is -2.02. The van der Waals surface area contributed by atoms with Crippen molar-refractivity contribution in [1.82, 2.24) is 0 Å². The van der Waals surface area contributed by atoms with Crippen LogP contribution in [0.25, 0.3) is 15.8 Å². The zero-order valence-electron chi connectivity index (χ0n) is 9.10. The van der Waals surface area contributed by atoms with Crippen LogP contribution in [0.4, 0.5) is 0 Å². The van der Waals surface area contributed by atoms with Crippen molar-refractivity contribution in [2.24, 2.45) is 5.73 Å². The number of thiophene rings is 1. The Labute approximate surface area is 103 Å². The number of benzene rings is 1. The molecule has 1 aromatic heterocycles. The molecule has 0 spiro atoms. The highest BCUT2D eigenvalue weighted by Gasteiger charge is 2.17. The zero-order chi connectivity index (χ0) is 11.8. The number of nitrogens with two attached hydrogens (primary N) is 1. The second-order valence-corrected chi connectivity index (χ2v) is 5.08. The molecule has 0 radical (unpaired) electrons. The van der Waals surface area contributed by atoms with Gasteiger partial charge in [-0.15, -0.1) is 11.3 Å². The lowest BCUT2D eigenvalue weighted by molar-refractivity contribution is 1.34. The minimum atomic E-state index is 0.707. The van der Waals surface area contributed by atoms with Gasteiger partial charge in [-0.3, -0.25) is 0 Å². The van der Waals surface area contributed by atoms with Gasteiger partial charge >= 0.3 is 0 Å². The van der Waals surface area contributed by atoms with Gasteiger partial charge in [0.2, 0.25) is 0 Å². The fourth-order valence-electron chi connectivity index (χ4n) is 2.17. The number of nitriles is 1. The Hall–Kier alpha value is -2.05. The average molecular weight is 238 g/mol. The molecule has 1 aliphatic rings. The zero-order valence-corrected chi connectivity index (χ0v) is 9.92. The van der Waals surface area contributed by atoms with Crippen LogP contribution in [0.5, 0.6) is 0 Å². The molecule has 2 aromatic rings. The van der Waals surface area contributed by atoms with E-state index in [0.717, 1.165) is 27.8 Å². The van der Waals surface area contributed by atoms with Crippen molar-refractivity contribution in [3.05, 3.63) is 52.4 Å². The number of hydrogen-bond donors (Lipinski definition) is 1. The van der Waals surface area contributed by atoms with Crippen LogP contribution in [0.15, 0.2) is 36.4 Å². The normalized spacial score (nSPS) is 13.9. The second kappa shape index (κ2) is 3.76. The molecular weight excluding hydrogens is 228 g/mol.